The van der Waals surface area contributed by atoms with Gasteiger partial charge in [0.05, 0.1) is 11.2 Å². The molecule has 1 N–H and O–H groups in total. The van der Waals surface area contributed by atoms with Crippen LogP contribution in [-0.4, -0.2) is 21.3 Å². The summed E-state index contributed by atoms with van der Waals surface area (Å²) in [5.74, 6) is 0. The van der Waals surface area contributed by atoms with Crippen LogP contribution in [0.25, 0.3) is 10.9 Å². The van der Waals surface area contributed by atoms with Gasteiger partial charge in [0.2, 0.25) is 0 Å². The van der Waals surface area contributed by atoms with Gasteiger partial charge in [-0.3, -0.25) is 9.67 Å². The minimum absolute atomic E-state index is 0.946. The molecular weight excluding hydrogens is 296 g/mol. The molecule has 3 aromatic rings. The zero-order valence-electron chi connectivity index (χ0n) is 15.3. The molecular formula is C20H26N4. The predicted octanol–water partition coefficient (Wildman–Crippen LogP) is 4.25. The molecule has 4 heteroatoms. The molecule has 1 aromatic carbocycles. The largest absolute Gasteiger partial charge is 0.384 e. The van der Waals surface area contributed by atoms with Gasteiger partial charge in [-0.15, -0.1) is 0 Å². The fourth-order valence-corrected chi connectivity index (χ4v) is 3.32. The molecule has 0 unspecified atom stereocenters. The summed E-state index contributed by atoms with van der Waals surface area (Å²) in [7, 11) is 2.01. The number of aryl methyl sites for hydroxylation is 3. The molecule has 0 aliphatic rings. The van der Waals surface area contributed by atoms with Gasteiger partial charge in [0.1, 0.15) is 0 Å². The number of nitrogens with zero attached hydrogens (tertiary/aromatic N) is 3. The first-order chi connectivity index (χ1) is 11.5. The zero-order valence-corrected chi connectivity index (χ0v) is 15.3. The number of hydrogen-bond donors (Lipinski definition) is 1. The Morgan fingerprint density at radius 1 is 1.04 bits per heavy atom. The number of nitrogens with one attached hydrogen (secondary N) is 1. The van der Waals surface area contributed by atoms with Gasteiger partial charge in [-0.25, -0.2) is 0 Å². The van der Waals surface area contributed by atoms with Crippen molar-refractivity contribution < 1.29 is 0 Å². The van der Waals surface area contributed by atoms with Crippen LogP contribution >= 0.6 is 0 Å². The van der Waals surface area contributed by atoms with E-state index in [1.54, 1.807) is 0 Å². The predicted molar refractivity (Wildman–Crippen MR) is 101 cm³/mol. The summed E-state index contributed by atoms with van der Waals surface area (Å²) in [6.07, 6.45) is 2.14. The Morgan fingerprint density at radius 3 is 2.50 bits per heavy atom. The van der Waals surface area contributed by atoms with Crippen molar-refractivity contribution in [3.05, 3.63) is 52.5 Å². The van der Waals surface area contributed by atoms with E-state index in [9.17, 15) is 0 Å². The highest BCUT2D eigenvalue weighted by atomic mass is 15.3. The zero-order chi connectivity index (χ0) is 17.3. The van der Waals surface area contributed by atoms with Gasteiger partial charge in [-0.05, 0) is 57.7 Å². The average molecular weight is 322 g/mol. The first-order valence-electron chi connectivity index (χ1n) is 8.58. The van der Waals surface area contributed by atoms with E-state index in [2.05, 4.69) is 61.3 Å². The third-order valence-corrected chi connectivity index (χ3v) is 4.94. The number of aromatic nitrogens is 3. The fourth-order valence-electron chi connectivity index (χ4n) is 3.32. The highest BCUT2D eigenvalue weighted by molar-refractivity contribution is 5.93. The van der Waals surface area contributed by atoms with E-state index >= 15 is 0 Å². The Hall–Kier alpha value is -2.36. The first kappa shape index (κ1) is 16.5. The molecule has 0 aliphatic carbocycles. The standard InChI is InChI=1S/C20H26N4/c1-13-14(2)22-19-11-7-6-9-18(19)20(13)21-12-8-10-17-15(3)23-24(5)16(17)4/h6-7,9,11H,8,10,12H2,1-5H3,(H,21,22). The monoisotopic (exact) mass is 322 g/mol. The van der Waals surface area contributed by atoms with Crippen molar-refractivity contribution in [2.24, 2.45) is 7.05 Å². The maximum atomic E-state index is 4.69. The maximum absolute atomic E-state index is 4.69. The molecule has 0 amide bonds. The van der Waals surface area contributed by atoms with Gasteiger partial charge >= 0.3 is 0 Å². The third kappa shape index (κ3) is 3.01. The van der Waals surface area contributed by atoms with Gasteiger partial charge in [0.15, 0.2) is 0 Å². The number of pyridine rings is 1. The smallest absolute Gasteiger partial charge is 0.0726 e. The van der Waals surface area contributed by atoms with Crippen LogP contribution in [0.15, 0.2) is 24.3 Å². The molecule has 126 valence electrons. The van der Waals surface area contributed by atoms with E-state index in [1.807, 2.05) is 17.8 Å². The number of fused-ring (bicyclic) bond motifs is 1. The summed E-state index contributed by atoms with van der Waals surface area (Å²) in [6.45, 7) is 9.41. The van der Waals surface area contributed by atoms with Crippen LogP contribution in [0.5, 0.6) is 0 Å². The summed E-state index contributed by atoms with van der Waals surface area (Å²) in [5, 5.41) is 9.35. The molecule has 3 rings (SSSR count). The molecule has 0 saturated heterocycles. The molecule has 4 nitrogen and oxygen atoms in total. The second-order valence-electron chi connectivity index (χ2n) is 6.52. The third-order valence-electron chi connectivity index (χ3n) is 4.94. The highest BCUT2D eigenvalue weighted by Gasteiger charge is 2.10. The van der Waals surface area contributed by atoms with Crippen molar-refractivity contribution >= 4 is 16.6 Å². The second kappa shape index (κ2) is 6.63. The summed E-state index contributed by atoms with van der Waals surface area (Å²) in [4.78, 5) is 4.69. The lowest BCUT2D eigenvalue weighted by Crippen LogP contribution is -2.07. The lowest BCUT2D eigenvalue weighted by molar-refractivity contribution is 0.729. The molecule has 0 spiro atoms. The molecule has 0 fully saturated rings. The van der Waals surface area contributed by atoms with Crippen molar-refractivity contribution in [3.63, 3.8) is 0 Å². The maximum Gasteiger partial charge on any atom is 0.0726 e. The van der Waals surface area contributed by atoms with Gasteiger partial charge in [0.25, 0.3) is 0 Å². The molecule has 2 heterocycles. The molecule has 0 aliphatic heterocycles. The first-order valence-corrected chi connectivity index (χ1v) is 8.58. The average Bonchev–Trinajstić information content (AvgIpc) is 2.80. The number of benzene rings is 1. The van der Waals surface area contributed by atoms with Crippen LogP contribution in [0.3, 0.4) is 0 Å². The van der Waals surface area contributed by atoms with Gasteiger partial charge in [-0.2, -0.15) is 5.10 Å². The van der Waals surface area contributed by atoms with Gasteiger partial charge in [0, 0.05) is 36.1 Å². The van der Waals surface area contributed by atoms with Crippen LogP contribution in [-0.2, 0) is 13.5 Å². The molecule has 24 heavy (non-hydrogen) atoms. The minimum atomic E-state index is 0.946. The number of anilines is 1. The van der Waals surface area contributed by atoms with E-state index in [1.165, 1.54) is 27.9 Å². The van der Waals surface area contributed by atoms with E-state index in [0.29, 0.717) is 0 Å². The number of rotatable bonds is 5. The van der Waals surface area contributed by atoms with Crippen LogP contribution < -0.4 is 5.32 Å². The minimum Gasteiger partial charge on any atom is -0.384 e. The highest BCUT2D eigenvalue weighted by Crippen LogP contribution is 2.27. The summed E-state index contributed by atoms with van der Waals surface area (Å²) < 4.78 is 1.97. The topological polar surface area (TPSA) is 42.7 Å². The SMILES string of the molecule is Cc1nc2ccccc2c(NCCCc2c(C)nn(C)c2C)c1C. The van der Waals surface area contributed by atoms with Gasteiger partial charge in [-0.1, -0.05) is 18.2 Å². The quantitative estimate of drug-likeness (QED) is 0.714. The Morgan fingerprint density at radius 2 is 1.79 bits per heavy atom. The van der Waals surface area contributed by atoms with Crippen molar-refractivity contribution in [2.45, 2.75) is 40.5 Å². The Labute approximate surface area is 143 Å². The fraction of sp³-hybridized carbons (Fsp3) is 0.400. The number of para-hydroxylation sites is 1. The van der Waals surface area contributed by atoms with Crippen molar-refractivity contribution in [1.29, 1.82) is 0 Å². The second-order valence-corrected chi connectivity index (χ2v) is 6.52. The Balaban J connectivity index is 1.73. The normalized spacial score (nSPS) is 11.2. The Bertz CT molecular complexity index is 877. The van der Waals surface area contributed by atoms with E-state index < -0.39 is 0 Å². The lowest BCUT2D eigenvalue weighted by atomic mass is 10.1. The van der Waals surface area contributed by atoms with Crippen LogP contribution in [0, 0.1) is 27.7 Å². The molecule has 0 atom stereocenters. The van der Waals surface area contributed by atoms with Crippen LogP contribution in [0.1, 0.15) is 34.6 Å². The van der Waals surface area contributed by atoms with Gasteiger partial charge < -0.3 is 5.32 Å². The summed E-state index contributed by atoms with van der Waals surface area (Å²) >= 11 is 0. The Kier molecular flexibility index (Phi) is 4.56. The van der Waals surface area contributed by atoms with Crippen molar-refractivity contribution in [1.82, 2.24) is 14.8 Å². The molecule has 0 saturated carbocycles. The summed E-state index contributed by atoms with van der Waals surface area (Å²) in [6, 6.07) is 8.34. The van der Waals surface area contributed by atoms with Crippen molar-refractivity contribution in [2.75, 3.05) is 11.9 Å². The molecule has 0 radical (unpaired) electrons. The van der Waals surface area contributed by atoms with Crippen LogP contribution in [0.4, 0.5) is 5.69 Å². The van der Waals surface area contributed by atoms with E-state index in [4.69, 9.17) is 0 Å². The van der Waals surface area contributed by atoms with Crippen LogP contribution in [0.2, 0.25) is 0 Å². The van der Waals surface area contributed by atoms with Crippen molar-refractivity contribution in [3.8, 4) is 0 Å². The number of hydrogen-bond acceptors (Lipinski definition) is 3. The molecule has 0 bridgehead atoms. The van der Waals surface area contributed by atoms with E-state index in [0.717, 1.165) is 36.3 Å². The van der Waals surface area contributed by atoms with E-state index in [-0.39, 0.29) is 0 Å². The lowest BCUT2D eigenvalue weighted by Gasteiger charge is -2.14. The molecule has 2 aromatic heterocycles. The summed E-state index contributed by atoms with van der Waals surface area (Å²) in [5.41, 5.74) is 8.41.